The highest BCUT2D eigenvalue weighted by atomic mass is 79.9. The Balaban J connectivity index is 2.61. The lowest BCUT2D eigenvalue weighted by Gasteiger charge is -2.12. The first kappa shape index (κ1) is 12.9. The van der Waals surface area contributed by atoms with Crippen molar-refractivity contribution >= 4 is 27.5 Å². The van der Waals surface area contributed by atoms with Gasteiger partial charge in [-0.1, -0.05) is 11.6 Å². The van der Waals surface area contributed by atoms with Crippen LogP contribution in [0.25, 0.3) is 0 Å². The lowest BCUT2D eigenvalue weighted by molar-refractivity contribution is 0.166. The number of aromatic nitrogens is 1. The number of nitrogens with zero attached hydrogens (tertiary/aromatic N) is 1. The van der Waals surface area contributed by atoms with Gasteiger partial charge < -0.3 is 15.5 Å². The highest BCUT2D eigenvalue weighted by Gasteiger charge is 2.12. The molecule has 0 aromatic carbocycles. The van der Waals surface area contributed by atoms with E-state index in [0.717, 1.165) is 4.47 Å². The fraction of sp³-hybridized carbons (Fsp3) is 0.444. The average Bonchev–Trinajstić information content (AvgIpc) is 2.17. The molecule has 84 valence electrons. The predicted molar refractivity (Wildman–Crippen MR) is 61.9 cm³/mol. The molecule has 0 saturated heterocycles. The van der Waals surface area contributed by atoms with E-state index in [1.165, 1.54) is 0 Å². The molecule has 15 heavy (non-hydrogen) atoms. The zero-order chi connectivity index (χ0) is 11.3. The monoisotopic (exact) mass is 294 g/mol. The van der Waals surface area contributed by atoms with Crippen LogP contribution in [-0.2, 0) is 0 Å². The minimum atomic E-state index is -0.767. The Hall–Kier alpha value is -0.200. The van der Waals surface area contributed by atoms with Crippen molar-refractivity contribution in [1.29, 1.82) is 0 Å². The van der Waals surface area contributed by atoms with Crippen molar-refractivity contribution in [3.63, 3.8) is 0 Å². The van der Waals surface area contributed by atoms with Crippen molar-refractivity contribution in [2.45, 2.75) is 6.10 Å². The van der Waals surface area contributed by atoms with Gasteiger partial charge in [0.25, 0.3) is 0 Å². The van der Waals surface area contributed by atoms with Crippen LogP contribution in [0.4, 0.5) is 0 Å². The minimum absolute atomic E-state index is 0.0359. The summed E-state index contributed by atoms with van der Waals surface area (Å²) in [5.41, 5.74) is 0.435. The Morgan fingerprint density at radius 3 is 2.93 bits per heavy atom. The Kier molecular flexibility index (Phi) is 5.49. The van der Waals surface area contributed by atoms with Gasteiger partial charge >= 0.3 is 0 Å². The van der Waals surface area contributed by atoms with Crippen molar-refractivity contribution in [3.8, 4) is 0 Å². The van der Waals surface area contributed by atoms with Crippen LogP contribution in [0, 0.1) is 0 Å². The van der Waals surface area contributed by atoms with Crippen LogP contribution >= 0.6 is 27.5 Å². The molecule has 0 aliphatic carbocycles. The van der Waals surface area contributed by atoms with E-state index in [9.17, 15) is 5.11 Å². The van der Waals surface area contributed by atoms with Gasteiger partial charge in [-0.15, -0.1) is 0 Å². The molecular weight excluding hydrogens is 283 g/mol. The number of hydrogen-bond donors (Lipinski definition) is 3. The topological polar surface area (TPSA) is 65.4 Å². The fourth-order valence-electron chi connectivity index (χ4n) is 1.08. The third-order valence-corrected chi connectivity index (χ3v) is 2.51. The lowest BCUT2D eigenvalue weighted by Crippen LogP contribution is -2.25. The SMILES string of the molecule is OCCNC[C@H](O)c1ncc(Br)cc1Cl. The Labute approximate surface area is 101 Å². The van der Waals surface area contributed by atoms with E-state index in [0.29, 0.717) is 23.8 Å². The quantitative estimate of drug-likeness (QED) is 0.712. The molecule has 0 spiro atoms. The van der Waals surface area contributed by atoms with Gasteiger partial charge in [-0.3, -0.25) is 4.98 Å². The van der Waals surface area contributed by atoms with Crippen LogP contribution < -0.4 is 5.32 Å². The Morgan fingerprint density at radius 2 is 2.33 bits per heavy atom. The normalized spacial score (nSPS) is 12.8. The van der Waals surface area contributed by atoms with E-state index >= 15 is 0 Å². The molecule has 0 bridgehead atoms. The number of aliphatic hydroxyl groups is 2. The molecule has 1 aromatic rings. The van der Waals surface area contributed by atoms with Gasteiger partial charge in [-0.2, -0.15) is 0 Å². The van der Waals surface area contributed by atoms with Gasteiger partial charge in [0.15, 0.2) is 0 Å². The predicted octanol–water partition coefficient (Wildman–Crippen LogP) is 1.11. The first-order chi connectivity index (χ1) is 7.15. The number of nitrogens with one attached hydrogen (secondary N) is 1. The van der Waals surface area contributed by atoms with Crippen LogP contribution in [0.15, 0.2) is 16.7 Å². The highest BCUT2D eigenvalue weighted by molar-refractivity contribution is 9.10. The standard InChI is InChI=1S/C9H12BrClN2O2/c10-6-3-7(11)9(13-4-6)8(15)5-12-1-2-14/h3-4,8,12,14-15H,1-2,5H2/t8-/m0/s1. The third-order valence-electron chi connectivity index (χ3n) is 1.78. The number of rotatable bonds is 5. The van der Waals surface area contributed by atoms with Crippen LogP contribution in [0.1, 0.15) is 11.8 Å². The summed E-state index contributed by atoms with van der Waals surface area (Å²) in [5, 5.41) is 21.5. The second-order valence-corrected chi connectivity index (χ2v) is 4.29. The molecule has 4 nitrogen and oxygen atoms in total. The molecule has 1 atom stereocenters. The Morgan fingerprint density at radius 1 is 1.60 bits per heavy atom. The highest BCUT2D eigenvalue weighted by Crippen LogP contribution is 2.23. The minimum Gasteiger partial charge on any atom is -0.395 e. The summed E-state index contributed by atoms with van der Waals surface area (Å²) in [7, 11) is 0. The molecule has 0 saturated carbocycles. The average molecular weight is 296 g/mol. The summed E-state index contributed by atoms with van der Waals surface area (Å²) >= 11 is 9.14. The first-order valence-corrected chi connectivity index (χ1v) is 5.63. The van der Waals surface area contributed by atoms with Crippen molar-refractivity contribution < 1.29 is 10.2 Å². The summed E-state index contributed by atoms with van der Waals surface area (Å²) in [5.74, 6) is 0. The molecule has 0 aliphatic rings. The van der Waals surface area contributed by atoms with Crippen molar-refractivity contribution in [2.24, 2.45) is 0 Å². The molecule has 3 N–H and O–H groups in total. The van der Waals surface area contributed by atoms with E-state index in [1.807, 2.05) is 0 Å². The maximum atomic E-state index is 9.71. The summed E-state index contributed by atoms with van der Waals surface area (Å²) < 4.78 is 0.770. The van der Waals surface area contributed by atoms with Gasteiger partial charge in [0, 0.05) is 23.8 Å². The van der Waals surface area contributed by atoms with Gasteiger partial charge in [-0.05, 0) is 22.0 Å². The first-order valence-electron chi connectivity index (χ1n) is 4.45. The van der Waals surface area contributed by atoms with E-state index in [4.69, 9.17) is 16.7 Å². The zero-order valence-corrected chi connectivity index (χ0v) is 10.3. The van der Waals surface area contributed by atoms with Crippen molar-refractivity contribution in [3.05, 3.63) is 27.5 Å². The maximum Gasteiger partial charge on any atom is 0.110 e. The van der Waals surface area contributed by atoms with Gasteiger partial charge in [0.2, 0.25) is 0 Å². The van der Waals surface area contributed by atoms with Crippen LogP contribution in [0.5, 0.6) is 0 Å². The molecule has 6 heteroatoms. The van der Waals surface area contributed by atoms with E-state index in [-0.39, 0.29) is 6.61 Å². The van der Waals surface area contributed by atoms with Gasteiger partial charge in [0.05, 0.1) is 17.3 Å². The molecular formula is C9H12BrClN2O2. The number of aliphatic hydroxyl groups excluding tert-OH is 2. The largest absolute Gasteiger partial charge is 0.395 e. The molecule has 0 amide bonds. The zero-order valence-electron chi connectivity index (χ0n) is 7.95. The second-order valence-electron chi connectivity index (χ2n) is 2.96. The second kappa shape index (κ2) is 6.40. The molecule has 1 aromatic heterocycles. The van der Waals surface area contributed by atoms with Crippen LogP contribution in [0.3, 0.4) is 0 Å². The van der Waals surface area contributed by atoms with E-state index in [1.54, 1.807) is 12.3 Å². The molecule has 1 heterocycles. The molecule has 0 unspecified atom stereocenters. The van der Waals surface area contributed by atoms with Gasteiger partial charge in [0.1, 0.15) is 6.10 Å². The van der Waals surface area contributed by atoms with Gasteiger partial charge in [-0.25, -0.2) is 0 Å². The van der Waals surface area contributed by atoms with E-state index in [2.05, 4.69) is 26.2 Å². The van der Waals surface area contributed by atoms with Crippen molar-refractivity contribution in [1.82, 2.24) is 10.3 Å². The van der Waals surface area contributed by atoms with Crippen molar-refractivity contribution in [2.75, 3.05) is 19.7 Å². The number of pyridine rings is 1. The van der Waals surface area contributed by atoms with E-state index < -0.39 is 6.10 Å². The summed E-state index contributed by atoms with van der Waals surface area (Å²) in [6, 6.07) is 1.68. The summed E-state index contributed by atoms with van der Waals surface area (Å²) in [4.78, 5) is 4.03. The van der Waals surface area contributed by atoms with Crippen LogP contribution in [0.2, 0.25) is 5.02 Å². The smallest absolute Gasteiger partial charge is 0.110 e. The Bertz CT molecular complexity index is 325. The van der Waals surface area contributed by atoms with Crippen LogP contribution in [-0.4, -0.2) is 34.9 Å². The fourth-order valence-corrected chi connectivity index (χ4v) is 1.84. The summed E-state index contributed by atoms with van der Waals surface area (Å²) in [6.45, 7) is 0.786. The number of halogens is 2. The molecule has 0 radical (unpaired) electrons. The maximum absolute atomic E-state index is 9.71. The third kappa shape index (κ3) is 4.04. The molecule has 0 aliphatic heterocycles. The number of hydrogen-bond acceptors (Lipinski definition) is 4. The molecule has 0 fully saturated rings. The molecule has 1 rings (SSSR count). The summed E-state index contributed by atoms with van der Waals surface area (Å²) in [6.07, 6.45) is 0.813. The lowest BCUT2D eigenvalue weighted by atomic mass is 10.2.